The van der Waals surface area contributed by atoms with E-state index in [1.807, 2.05) is 12.1 Å². The SMILES string of the molecule is CC[C@@]1(O)CCC[C@@H]2CN(Cc3ccc(Cl)cc3C)C[C@@H]21. The van der Waals surface area contributed by atoms with E-state index in [0.29, 0.717) is 11.8 Å². The van der Waals surface area contributed by atoms with E-state index in [2.05, 4.69) is 24.8 Å². The summed E-state index contributed by atoms with van der Waals surface area (Å²) in [5.74, 6) is 1.14. The summed E-state index contributed by atoms with van der Waals surface area (Å²) in [4.78, 5) is 2.53. The molecule has 3 heteroatoms. The topological polar surface area (TPSA) is 23.5 Å². The lowest BCUT2D eigenvalue weighted by atomic mass is 9.69. The maximum atomic E-state index is 10.9. The Morgan fingerprint density at radius 1 is 1.38 bits per heavy atom. The summed E-state index contributed by atoms with van der Waals surface area (Å²) in [6, 6.07) is 6.17. The van der Waals surface area contributed by atoms with Crippen LogP contribution in [0, 0.1) is 18.8 Å². The van der Waals surface area contributed by atoms with Crippen LogP contribution in [0.1, 0.15) is 43.7 Å². The minimum absolute atomic E-state index is 0.424. The van der Waals surface area contributed by atoms with Crippen LogP contribution in [-0.4, -0.2) is 28.7 Å². The van der Waals surface area contributed by atoms with Gasteiger partial charge in [0.05, 0.1) is 5.60 Å². The molecule has 1 saturated heterocycles. The third-order valence-corrected chi connectivity index (χ3v) is 5.94. The first-order valence-corrected chi connectivity index (χ1v) is 8.59. The number of hydrogen-bond acceptors (Lipinski definition) is 2. The summed E-state index contributed by atoms with van der Waals surface area (Å²) in [5.41, 5.74) is 2.20. The van der Waals surface area contributed by atoms with Crippen molar-refractivity contribution in [3.05, 3.63) is 34.3 Å². The largest absolute Gasteiger partial charge is 0.390 e. The Balaban J connectivity index is 1.72. The number of aryl methyl sites for hydroxylation is 1. The minimum atomic E-state index is -0.424. The number of fused-ring (bicyclic) bond motifs is 1. The molecule has 0 radical (unpaired) electrons. The minimum Gasteiger partial charge on any atom is -0.390 e. The smallest absolute Gasteiger partial charge is 0.0688 e. The summed E-state index contributed by atoms with van der Waals surface area (Å²) in [6.45, 7) is 7.42. The summed E-state index contributed by atoms with van der Waals surface area (Å²) >= 11 is 6.04. The van der Waals surface area contributed by atoms with Gasteiger partial charge >= 0.3 is 0 Å². The molecule has 0 spiro atoms. The van der Waals surface area contributed by atoms with Crippen molar-refractivity contribution in [2.45, 2.75) is 51.7 Å². The molecule has 0 unspecified atom stereocenters. The average molecular weight is 308 g/mol. The van der Waals surface area contributed by atoms with Crippen molar-refractivity contribution >= 4 is 11.6 Å². The van der Waals surface area contributed by atoms with Crippen molar-refractivity contribution in [1.82, 2.24) is 4.90 Å². The lowest BCUT2D eigenvalue weighted by molar-refractivity contribution is -0.0613. The molecular weight excluding hydrogens is 282 g/mol. The highest BCUT2D eigenvalue weighted by Gasteiger charge is 2.47. The molecule has 1 N–H and O–H groups in total. The van der Waals surface area contributed by atoms with E-state index in [9.17, 15) is 5.11 Å². The van der Waals surface area contributed by atoms with Gasteiger partial charge in [0, 0.05) is 30.6 Å². The Morgan fingerprint density at radius 2 is 2.19 bits per heavy atom. The molecule has 0 bridgehead atoms. The second-order valence-electron chi connectivity index (χ2n) is 6.98. The van der Waals surface area contributed by atoms with Gasteiger partial charge in [-0.25, -0.2) is 0 Å². The third kappa shape index (κ3) is 2.99. The average Bonchev–Trinajstić information content (AvgIpc) is 2.86. The fraction of sp³-hybridized carbons (Fsp3) is 0.667. The molecule has 2 nitrogen and oxygen atoms in total. The summed E-state index contributed by atoms with van der Waals surface area (Å²) in [6.07, 6.45) is 4.34. The van der Waals surface area contributed by atoms with E-state index in [1.54, 1.807) is 0 Å². The zero-order chi connectivity index (χ0) is 15.0. The molecule has 1 aliphatic heterocycles. The molecule has 3 atom stereocenters. The van der Waals surface area contributed by atoms with Gasteiger partial charge in [-0.1, -0.05) is 31.0 Å². The fourth-order valence-electron chi connectivity index (χ4n) is 4.36. The molecule has 1 aliphatic carbocycles. The molecule has 0 amide bonds. The summed E-state index contributed by atoms with van der Waals surface area (Å²) in [5, 5.41) is 11.7. The second-order valence-corrected chi connectivity index (χ2v) is 7.42. The van der Waals surface area contributed by atoms with Crippen LogP contribution in [0.4, 0.5) is 0 Å². The number of halogens is 1. The van der Waals surface area contributed by atoms with Crippen molar-refractivity contribution in [2.75, 3.05) is 13.1 Å². The van der Waals surface area contributed by atoms with Crippen molar-refractivity contribution in [3.8, 4) is 0 Å². The van der Waals surface area contributed by atoms with E-state index in [-0.39, 0.29) is 0 Å². The Bertz CT molecular complexity index is 518. The Labute approximate surface area is 133 Å². The molecule has 0 aromatic heterocycles. The quantitative estimate of drug-likeness (QED) is 0.911. The monoisotopic (exact) mass is 307 g/mol. The van der Waals surface area contributed by atoms with Crippen LogP contribution in [0.5, 0.6) is 0 Å². The van der Waals surface area contributed by atoms with Gasteiger partial charge in [0.15, 0.2) is 0 Å². The molecule has 2 fully saturated rings. The lowest BCUT2D eigenvalue weighted by Gasteiger charge is -2.40. The van der Waals surface area contributed by atoms with Crippen LogP contribution in [0.25, 0.3) is 0 Å². The number of aliphatic hydroxyl groups is 1. The van der Waals surface area contributed by atoms with Crippen molar-refractivity contribution in [2.24, 2.45) is 11.8 Å². The Morgan fingerprint density at radius 3 is 2.90 bits per heavy atom. The Hall–Kier alpha value is -0.570. The molecule has 1 saturated carbocycles. The first-order chi connectivity index (χ1) is 10.0. The highest BCUT2D eigenvalue weighted by molar-refractivity contribution is 6.30. The van der Waals surface area contributed by atoms with Gasteiger partial charge in [0.2, 0.25) is 0 Å². The lowest BCUT2D eigenvalue weighted by Crippen LogP contribution is -2.44. The number of nitrogens with zero attached hydrogens (tertiary/aromatic N) is 1. The standard InChI is InChI=1S/C18H26ClNO/c1-3-18(21)8-4-5-15-11-20(12-17(15)18)10-14-6-7-16(19)9-13(14)2/h6-7,9,15,17,21H,3-5,8,10-12H2,1-2H3/t15-,17+,18-/m1/s1. The summed E-state index contributed by atoms with van der Waals surface area (Å²) in [7, 11) is 0. The van der Waals surface area contributed by atoms with Crippen molar-refractivity contribution < 1.29 is 5.11 Å². The van der Waals surface area contributed by atoms with Crippen LogP contribution < -0.4 is 0 Å². The van der Waals surface area contributed by atoms with Gasteiger partial charge in [-0.2, -0.15) is 0 Å². The fourth-order valence-corrected chi connectivity index (χ4v) is 4.59. The van der Waals surface area contributed by atoms with E-state index in [0.717, 1.165) is 37.5 Å². The molecule has 1 aromatic carbocycles. The van der Waals surface area contributed by atoms with Crippen molar-refractivity contribution in [3.63, 3.8) is 0 Å². The highest BCUT2D eigenvalue weighted by atomic mass is 35.5. The third-order valence-electron chi connectivity index (χ3n) is 5.70. The molecule has 2 aliphatic rings. The number of hydrogen-bond donors (Lipinski definition) is 1. The highest BCUT2D eigenvalue weighted by Crippen LogP contribution is 2.44. The molecule has 1 aromatic rings. The van der Waals surface area contributed by atoms with Gasteiger partial charge in [-0.15, -0.1) is 0 Å². The van der Waals surface area contributed by atoms with Gasteiger partial charge < -0.3 is 5.11 Å². The van der Waals surface area contributed by atoms with Crippen LogP contribution in [0.15, 0.2) is 18.2 Å². The zero-order valence-corrected chi connectivity index (χ0v) is 13.9. The first kappa shape index (κ1) is 15.3. The first-order valence-electron chi connectivity index (χ1n) is 8.21. The van der Waals surface area contributed by atoms with Crippen molar-refractivity contribution in [1.29, 1.82) is 0 Å². The predicted octanol–water partition coefficient (Wildman–Crippen LogP) is 4.02. The number of rotatable bonds is 3. The van der Waals surface area contributed by atoms with Gasteiger partial charge in [-0.05, 0) is 55.4 Å². The van der Waals surface area contributed by atoms with Gasteiger partial charge in [0.25, 0.3) is 0 Å². The predicted molar refractivity (Wildman–Crippen MR) is 87.5 cm³/mol. The van der Waals surface area contributed by atoms with Crippen LogP contribution in [0.3, 0.4) is 0 Å². The van der Waals surface area contributed by atoms with Crippen LogP contribution in [-0.2, 0) is 6.54 Å². The zero-order valence-electron chi connectivity index (χ0n) is 13.1. The van der Waals surface area contributed by atoms with E-state index >= 15 is 0 Å². The molecule has 1 heterocycles. The summed E-state index contributed by atoms with van der Waals surface area (Å²) < 4.78 is 0. The number of benzene rings is 1. The maximum absolute atomic E-state index is 10.9. The molecular formula is C18H26ClNO. The maximum Gasteiger partial charge on any atom is 0.0688 e. The van der Waals surface area contributed by atoms with Crippen LogP contribution >= 0.6 is 11.6 Å². The van der Waals surface area contributed by atoms with E-state index in [4.69, 9.17) is 11.6 Å². The van der Waals surface area contributed by atoms with Gasteiger partial charge in [0.1, 0.15) is 0 Å². The van der Waals surface area contributed by atoms with E-state index in [1.165, 1.54) is 24.0 Å². The molecule has 21 heavy (non-hydrogen) atoms. The van der Waals surface area contributed by atoms with E-state index < -0.39 is 5.60 Å². The van der Waals surface area contributed by atoms with Gasteiger partial charge in [-0.3, -0.25) is 4.90 Å². The Kier molecular flexibility index (Phi) is 4.31. The molecule has 116 valence electrons. The van der Waals surface area contributed by atoms with Crippen LogP contribution in [0.2, 0.25) is 5.02 Å². The molecule has 3 rings (SSSR count). The normalized spacial score (nSPS) is 33.1. The number of likely N-dealkylation sites (tertiary alicyclic amines) is 1. The second kappa shape index (κ2) is 5.91.